The van der Waals surface area contributed by atoms with Crippen molar-refractivity contribution in [2.45, 2.75) is 130 Å². The van der Waals surface area contributed by atoms with Gasteiger partial charge >= 0.3 is 0 Å². The molecule has 1 unspecified atom stereocenters. The lowest BCUT2D eigenvalue weighted by Crippen LogP contribution is -2.20. The molecule has 0 saturated carbocycles. The van der Waals surface area contributed by atoms with Crippen LogP contribution in [-0.2, 0) is 9.47 Å². The van der Waals surface area contributed by atoms with Crippen molar-refractivity contribution in [2.75, 3.05) is 26.4 Å². The first kappa shape index (κ1) is 26.9. The predicted octanol–water partition coefficient (Wildman–Crippen LogP) is 8.33. The summed E-state index contributed by atoms with van der Waals surface area (Å²) in [6.45, 7) is 13.0. The van der Waals surface area contributed by atoms with Crippen molar-refractivity contribution in [3.63, 3.8) is 0 Å². The van der Waals surface area contributed by atoms with Crippen LogP contribution in [0.2, 0.25) is 0 Å². The molecule has 0 N–H and O–H groups in total. The molecule has 164 valence electrons. The molecular formula is C25H52O2. The largest absolute Gasteiger partial charge is 0.381 e. The predicted molar refractivity (Wildman–Crippen MR) is 121 cm³/mol. The maximum atomic E-state index is 5.91. The lowest BCUT2D eigenvalue weighted by Gasteiger charge is -2.28. The van der Waals surface area contributed by atoms with Crippen molar-refractivity contribution in [1.82, 2.24) is 0 Å². The minimum atomic E-state index is 0.376. The van der Waals surface area contributed by atoms with Crippen LogP contribution in [0.1, 0.15) is 130 Å². The Hall–Kier alpha value is -0.0800. The summed E-state index contributed by atoms with van der Waals surface area (Å²) in [6.07, 6.45) is 21.1. The first-order valence-electron chi connectivity index (χ1n) is 12.3. The Morgan fingerprint density at radius 3 is 1.22 bits per heavy atom. The Balaban J connectivity index is 3.48. The number of ether oxygens (including phenoxy) is 2. The second-order valence-electron chi connectivity index (χ2n) is 8.78. The minimum Gasteiger partial charge on any atom is -0.381 e. The van der Waals surface area contributed by atoms with Gasteiger partial charge in [-0.2, -0.15) is 0 Å². The van der Waals surface area contributed by atoms with E-state index in [0.717, 1.165) is 26.4 Å². The average molecular weight is 385 g/mol. The standard InChI is InChI=1S/C25H52O2/c1-5-8-10-12-14-16-18-22-27-24-20-25(4,7-3)19-23-26-21-17-15-13-11-9-6-2/h5-24H2,1-4H3. The van der Waals surface area contributed by atoms with Crippen molar-refractivity contribution in [1.29, 1.82) is 0 Å². The van der Waals surface area contributed by atoms with E-state index in [1.54, 1.807) is 0 Å². The monoisotopic (exact) mass is 384 g/mol. The molecule has 27 heavy (non-hydrogen) atoms. The summed E-state index contributed by atoms with van der Waals surface area (Å²) in [5.41, 5.74) is 0.376. The van der Waals surface area contributed by atoms with E-state index in [4.69, 9.17) is 9.47 Å². The molecular weight excluding hydrogens is 332 g/mol. The van der Waals surface area contributed by atoms with Gasteiger partial charge < -0.3 is 9.47 Å². The molecule has 0 bridgehead atoms. The number of hydrogen-bond acceptors (Lipinski definition) is 2. The number of rotatable bonds is 22. The average Bonchev–Trinajstić information content (AvgIpc) is 2.68. The van der Waals surface area contributed by atoms with Crippen molar-refractivity contribution >= 4 is 0 Å². The fraction of sp³-hybridized carbons (Fsp3) is 1.00. The molecule has 0 rings (SSSR count). The number of hydrogen-bond donors (Lipinski definition) is 0. The maximum absolute atomic E-state index is 5.91. The fourth-order valence-electron chi connectivity index (χ4n) is 3.47. The van der Waals surface area contributed by atoms with Gasteiger partial charge in [-0.15, -0.1) is 0 Å². The summed E-state index contributed by atoms with van der Waals surface area (Å²) in [6, 6.07) is 0. The fourth-order valence-corrected chi connectivity index (χ4v) is 3.47. The molecule has 0 aliphatic carbocycles. The third-order valence-electron chi connectivity index (χ3n) is 6.09. The van der Waals surface area contributed by atoms with E-state index >= 15 is 0 Å². The summed E-state index contributed by atoms with van der Waals surface area (Å²) in [7, 11) is 0. The van der Waals surface area contributed by atoms with E-state index in [2.05, 4.69) is 27.7 Å². The third kappa shape index (κ3) is 19.0. The second-order valence-corrected chi connectivity index (χ2v) is 8.78. The highest BCUT2D eigenvalue weighted by atomic mass is 16.5. The Morgan fingerprint density at radius 2 is 0.852 bits per heavy atom. The van der Waals surface area contributed by atoms with Crippen LogP contribution in [0.4, 0.5) is 0 Å². The number of unbranched alkanes of at least 4 members (excludes halogenated alkanes) is 11. The van der Waals surface area contributed by atoms with Crippen molar-refractivity contribution in [3.05, 3.63) is 0 Å². The zero-order chi connectivity index (χ0) is 20.1. The molecule has 0 heterocycles. The third-order valence-corrected chi connectivity index (χ3v) is 6.09. The van der Waals surface area contributed by atoms with Crippen LogP contribution in [0, 0.1) is 5.41 Å². The highest BCUT2D eigenvalue weighted by Gasteiger charge is 2.21. The van der Waals surface area contributed by atoms with Gasteiger partial charge in [0.05, 0.1) is 0 Å². The Bertz CT molecular complexity index is 279. The lowest BCUT2D eigenvalue weighted by molar-refractivity contribution is 0.0612. The van der Waals surface area contributed by atoms with E-state index < -0.39 is 0 Å². The smallest absolute Gasteiger partial charge is 0.0471 e. The molecule has 1 atom stereocenters. The topological polar surface area (TPSA) is 18.5 Å². The van der Waals surface area contributed by atoms with Crippen LogP contribution < -0.4 is 0 Å². The van der Waals surface area contributed by atoms with Crippen LogP contribution in [0.5, 0.6) is 0 Å². The van der Waals surface area contributed by atoms with Crippen LogP contribution in [0.3, 0.4) is 0 Å². The zero-order valence-corrected chi connectivity index (χ0v) is 19.5. The molecule has 0 fully saturated rings. The molecule has 0 radical (unpaired) electrons. The van der Waals surface area contributed by atoms with E-state index in [-0.39, 0.29) is 0 Å². The van der Waals surface area contributed by atoms with Gasteiger partial charge in [0.25, 0.3) is 0 Å². The Labute approximate surface area is 172 Å². The zero-order valence-electron chi connectivity index (χ0n) is 19.5. The lowest BCUT2D eigenvalue weighted by atomic mass is 9.81. The Kier molecular flexibility index (Phi) is 20.6. The van der Waals surface area contributed by atoms with Gasteiger partial charge in [-0.1, -0.05) is 105 Å². The second kappa shape index (κ2) is 20.6. The highest BCUT2D eigenvalue weighted by molar-refractivity contribution is 4.72. The van der Waals surface area contributed by atoms with Gasteiger partial charge in [-0.05, 0) is 31.1 Å². The molecule has 2 heteroatoms. The quantitative estimate of drug-likeness (QED) is 0.175. The van der Waals surface area contributed by atoms with Gasteiger partial charge in [0.1, 0.15) is 0 Å². The van der Waals surface area contributed by atoms with E-state index in [0.29, 0.717) is 5.41 Å². The summed E-state index contributed by atoms with van der Waals surface area (Å²) in [5.74, 6) is 0. The van der Waals surface area contributed by atoms with Crippen LogP contribution >= 0.6 is 0 Å². The van der Waals surface area contributed by atoms with Gasteiger partial charge in [-0.25, -0.2) is 0 Å². The van der Waals surface area contributed by atoms with Gasteiger partial charge in [0, 0.05) is 26.4 Å². The first-order chi connectivity index (χ1) is 13.2. The summed E-state index contributed by atoms with van der Waals surface area (Å²) in [4.78, 5) is 0. The van der Waals surface area contributed by atoms with Gasteiger partial charge in [0.15, 0.2) is 0 Å². The first-order valence-corrected chi connectivity index (χ1v) is 12.3. The molecule has 0 spiro atoms. The molecule has 0 aromatic carbocycles. The molecule has 0 saturated heterocycles. The highest BCUT2D eigenvalue weighted by Crippen LogP contribution is 2.30. The minimum absolute atomic E-state index is 0.376. The SMILES string of the molecule is CCCCCCCCCOCCC(C)(CC)CCOCCCCCCCC. The Morgan fingerprint density at radius 1 is 0.481 bits per heavy atom. The van der Waals surface area contributed by atoms with E-state index in [1.807, 2.05) is 0 Å². The molecule has 0 aromatic heterocycles. The molecule has 2 nitrogen and oxygen atoms in total. The summed E-state index contributed by atoms with van der Waals surface area (Å²) in [5, 5.41) is 0. The molecule has 0 aliphatic heterocycles. The van der Waals surface area contributed by atoms with Crippen molar-refractivity contribution < 1.29 is 9.47 Å². The summed E-state index contributed by atoms with van der Waals surface area (Å²) >= 11 is 0. The van der Waals surface area contributed by atoms with Gasteiger partial charge in [0.2, 0.25) is 0 Å². The molecule has 0 aliphatic rings. The van der Waals surface area contributed by atoms with Gasteiger partial charge in [-0.3, -0.25) is 0 Å². The van der Waals surface area contributed by atoms with Crippen molar-refractivity contribution in [2.24, 2.45) is 5.41 Å². The van der Waals surface area contributed by atoms with E-state index in [1.165, 1.54) is 103 Å². The van der Waals surface area contributed by atoms with Crippen LogP contribution in [0.25, 0.3) is 0 Å². The van der Waals surface area contributed by atoms with E-state index in [9.17, 15) is 0 Å². The molecule has 0 amide bonds. The van der Waals surface area contributed by atoms with Crippen LogP contribution in [-0.4, -0.2) is 26.4 Å². The normalized spacial score (nSPS) is 13.8. The van der Waals surface area contributed by atoms with Crippen LogP contribution in [0.15, 0.2) is 0 Å². The maximum Gasteiger partial charge on any atom is 0.0471 e. The van der Waals surface area contributed by atoms with Crippen molar-refractivity contribution in [3.8, 4) is 0 Å². The summed E-state index contributed by atoms with van der Waals surface area (Å²) < 4.78 is 11.8. The molecule has 0 aromatic rings.